The third-order valence-electron chi connectivity index (χ3n) is 4.92. The van der Waals surface area contributed by atoms with Crippen molar-refractivity contribution in [2.75, 3.05) is 13.2 Å². The van der Waals surface area contributed by atoms with Crippen molar-refractivity contribution >= 4 is 11.9 Å². The van der Waals surface area contributed by atoms with E-state index in [1.54, 1.807) is 4.90 Å². The van der Waals surface area contributed by atoms with Gasteiger partial charge in [0.15, 0.2) is 0 Å². The van der Waals surface area contributed by atoms with Gasteiger partial charge in [-0.1, -0.05) is 79.1 Å². The lowest BCUT2D eigenvalue weighted by Crippen LogP contribution is -2.46. The van der Waals surface area contributed by atoms with Crippen molar-refractivity contribution in [2.45, 2.75) is 104 Å². The summed E-state index contributed by atoms with van der Waals surface area (Å²) in [5.74, 6) is -0.162. The molecule has 0 N–H and O–H groups in total. The van der Waals surface area contributed by atoms with E-state index < -0.39 is 5.41 Å². The normalized spacial score (nSPS) is 17.8. The summed E-state index contributed by atoms with van der Waals surface area (Å²) in [7, 11) is 0. The van der Waals surface area contributed by atoms with E-state index >= 15 is 0 Å². The quantitative estimate of drug-likeness (QED) is 0.383. The first-order valence-electron chi connectivity index (χ1n) is 10.4. The van der Waals surface area contributed by atoms with Gasteiger partial charge in [-0.25, -0.2) is 4.79 Å². The Bertz CT molecular complexity index is 400. The third kappa shape index (κ3) is 8.24. The van der Waals surface area contributed by atoms with Crippen LogP contribution in [0.15, 0.2) is 0 Å². The Morgan fingerprint density at radius 3 is 2.08 bits per heavy atom. The second kappa shape index (κ2) is 11.5. The van der Waals surface area contributed by atoms with Crippen LogP contribution in [0.2, 0.25) is 0 Å². The fourth-order valence-electron chi connectivity index (χ4n) is 3.37. The highest BCUT2D eigenvalue weighted by molar-refractivity contribution is 5.88. The Kier molecular flexibility index (Phi) is 10.1. The van der Waals surface area contributed by atoms with Crippen LogP contribution in [0, 0.1) is 5.41 Å². The van der Waals surface area contributed by atoms with E-state index in [0.29, 0.717) is 13.2 Å². The van der Waals surface area contributed by atoms with Crippen molar-refractivity contribution in [3.63, 3.8) is 0 Å². The number of esters is 1. The predicted molar refractivity (Wildman–Crippen MR) is 102 cm³/mol. The van der Waals surface area contributed by atoms with Crippen LogP contribution in [-0.4, -0.2) is 36.0 Å². The molecule has 0 aromatic heterocycles. The second-order valence-electron chi connectivity index (χ2n) is 8.40. The van der Waals surface area contributed by atoms with E-state index in [2.05, 4.69) is 6.92 Å². The number of likely N-dealkylation sites (tertiary alicyclic amines) is 1. The van der Waals surface area contributed by atoms with Crippen molar-refractivity contribution in [2.24, 2.45) is 5.41 Å². The summed E-state index contributed by atoms with van der Waals surface area (Å²) in [6.45, 7) is 9.11. The zero-order chi connectivity index (χ0) is 18.7. The van der Waals surface area contributed by atoms with Crippen LogP contribution in [0.25, 0.3) is 0 Å². The average Bonchev–Trinajstić information content (AvgIpc) is 3.04. The number of hydrogen-bond acceptors (Lipinski definition) is 3. The maximum absolute atomic E-state index is 12.4. The zero-order valence-electron chi connectivity index (χ0n) is 16.9. The summed E-state index contributed by atoms with van der Waals surface area (Å²) in [5, 5.41) is 0. The van der Waals surface area contributed by atoms with Crippen LogP contribution in [-0.2, 0) is 14.3 Å². The number of nitrogens with zero attached hydrogens (tertiary/aromatic N) is 1. The Morgan fingerprint density at radius 1 is 0.960 bits per heavy atom. The summed E-state index contributed by atoms with van der Waals surface area (Å²) >= 11 is 0. The lowest BCUT2D eigenvalue weighted by Gasteiger charge is -2.29. The first-order valence-corrected chi connectivity index (χ1v) is 10.4. The topological polar surface area (TPSA) is 46.6 Å². The fraction of sp³-hybridized carbons (Fsp3) is 0.905. The molecule has 1 heterocycles. The first kappa shape index (κ1) is 22.0. The standard InChI is InChI=1S/C21H39NO3/c1-5-6-7-8-9-10-11-12-13-17-25-19(23)18-15-14-16-22(18)20(24)21(2,3)4/h18H,5-17H2,1-4H3. The van der Waals surface area contributed by atoms with Crippen LogP contribution in [0.1, 0.15) is 98.3 Å². The SMILES string of the molecule is CCCCCCCCCCCOC(=O)C1CCCN1C(=O)C(C)(C)C. The number of carbonyl (C=O) groups excluding carboxylic acids is 2. The lowest BCUT2D eigenvalue weighted by molar-refractivity contribution is -0.156. The molecule has 1 unspecified atom stereocenters. The highest BCUT2D eigenvalue weighted by Crippen LogP contribution is 2.26. The van der Waals surface area contributed by atoms with Crippen LogP contribution in [0.4, 0.5) is 0 Å². The van der Waals surface area contributed by atoms with Gasteiger partial charge in [0.2, 0.25) is 5.91 Å². The van der Waals surface area contributed by atoms with Gasteiger partial charge >= 0.3 is 5.97 Å². The molecule has 1 amide bonds. The van der Waals surface area contributed by atoms with Crippen molar-refractivity contribution in [1.29, 1.82) is 0 Å². The van der Waals surface area contributed by atoms with E-state index in [1.807, 2.05) is 20.8 Å². The van der Waals surface area contributed by atoms with E-state index in [4.69, 9.17) is 4.74 Å². The van der Waals surface area contributed by atoms with Crippen molar-refractivity contribution in [3.8, 4) is 0 Å². The monoisotopic (exact) mass is 353 g/mol. The Balaban J connectivity index is 2.14. The molecule has 0 bridgehead atoms. The number of hydrogen-bond donors (Lipinski definition) is 0. The van der Waals surface area contributed by atoms with Crippen LogP contribution < -0.4 is 0 Å². The largest absolute Gasteiger partial charge is 0.464 e. The molecule has 1 fully saturated rings. The van der Waals surface area contributed by atoms with Gasteiger partial charge < -0.3 is 9.64 Å². The van der Waals surface area contributed by atoms with Gasteiger partial charge in [-0.3, -0.25) is 4.79 Å². The van der Waals surface area contributed by atoms with E-state index in [0.717, 1.165) is 25.7 Å². The summed E-state index contributed by atoms with van der Waals surface area (Å²) in [6, 6.07) is -0.370. The van der Waals surface area contributed by atoms with Crippen molar-refractivity contribution in [1.82, 2.24) is 4.90 Å². The molecule has 1 rings (SSSR count). The van der Waals surface area contributed by atoms with E-state index in [9.17, 15) is 9.59 Å². The highest BCUT2D eigenvalue weighted by atomic mass is 16.5. The molecule has 1 atom stereocenters. The summed E-state index contributed by atoms with van der Waals surface area (Å²) in [6.07, 6.45) is 12.9. The Morgan fingerprint density at radius 2 is 1.52 bits per heavy atom. The van der Waals surface area contributed by atoms with Gasteiger partial charge in [-0.05, 0) is 19.3 Å². The number of carbonyl (C=O) groups is 2. The van der Waals surface area contributed by atoms with Crippen molar-refractivity contribution < 1.29 is 14.3 Å². The van der Waals surface area contributed by atoms with Gasteiger partial charge in [0.25, 0.3) is 0 Å². The molecule has 0 aromatic rings. The maximum Gasteiger partial charge on any atom is 0.328 e. The highest BCUT2D eigenvalue weighted by Gasteiger charge is 2.39. The molecular weight excluding hydrogens is 314 g/mol. The summed E-state index contributed by atoms with van der Waals surface area (Å²) in [4.78, 5) is 26.5. The molecule has 1 aliphatic heterocycles. The minimum atomic E-state index is -0.444. The molecule has 0 aromatic carbocycles. The van der Waals surface area contributed by atoms with Crippen molar-refractivity contribution in [3.05, 3.63) is 0 Å². The van der Waals surface area contributed by atoms with Gasteiger partial charge in [0.05, 0.1) is 6.61 Å². The predicted octanol–water partition coefficient (Wildman–Crippen LogP) is 5.10. The molecule has 4 heteroatoms. The minimum absolute atomic E-state index is 0.0509. The van der Waals surface area contributed by atoms with Crippen LogP contribution in [0.3, 0.4) is 0 Å². The van der Waals surface area contributed by atoms with Crippen LogP contribution in [0.5, 0.6) is 0 Å². The van der Waals surface area contributed by atoms with Gasteiger partial charge in [-0.15, -0.1) is 0 Å². The molecule has 1 aliphatic rings. The molecule has 0 radical (unpaired) electrons. The average molecular weight is 354 g/mol. The van der Waals surface area contributed by atoms with Crippen LogP contribution >= 0.6 is 0 Å². The lowest BCUT2D eigenvalue weighted by atomic mass is 9.94. The summed E-state index contributed by atoms with van der Waals surface area (Å²) in [5.41, 5.74) is -0.444. The molecule has 25 heavy (non-hydrogen) atoms. The molecular formula is C21H39NO3. The molecule has 0 aliphatic carbocycles. The van der Waals surface area contributed by atoms with Gasteiger partial charge in [0.1, 0.15) is 6.04 Å². The molecule has 1 saturated heterocycles. The number of amides is 1. The Hall–Kier alpha value is -1.06. The fourth-order valence-corrected chi connectivity index (χ4v) is 3.37. The number of ether oxygens (including phenoxy) is 1. The zero-order valence-corrected chi connectivity index (χ0v) is 16.9. The van der Waals surface area contributed by atoms with Gasteiger partial charge in [0, 0.05) is 12.0 Å². The Labute approximate surface area is 154 Å². The molecule has 146 valence electrons. The number of unbranched alkanes of at least 4 members (excludes halogenated alkanes) is 8. The molecule has 0 saturated carbocycles. The second-order valence-corrected chi connectivity index (χ2v) is 8.40. The minimum Gasteiger partial charge on any atom is -0.464 e. The molecule has 4 nitrogen and oxygen atoms in total. The third-order valence-corrected chi connectivity index (χ3v) is 4.92. The number of rotatable bonds is 11. The smallest absolute Gasteiger partial charge is 0.328 e. The van der Waals surface area contributed by atoms with E-state index in [1.165, 1.54) is 44.9 Å². The summed E-state index contributed by atoms with van der Waals surface area (Å²) < 4.78 is 5.45. The molecule has 0 spiro atoms. The first-order chi connectivity index (χ1) is 11.9. The maximum atomic E-state index is 12.4. The van der Waals surface area contributed by atoms with E-state index in [-0.39, 0.29) is 17.9 Å². The van der Waals surface area contributed by atoms with Gasteiger partial charge in [-0.2, -0.15) is 0 Å².